The number of amides is 1. The molecular formula is C54H102NO6S. The van der Waals surface area contributed by atoms with E-state index >= 15 is 0 Å². The Kier molecular flexibility index (Phi) is 47.6. The molecule has 8 heteroatoms. The summed E-state index contributed by atoms with van der Waals surface area (Å²) in [6.45, 7) is 6.56. The number of unbranched alkanes of at least 4 members (excludes halogenated alkanes) is 36. The number of ketones is 1. The number of Topliss-reactive ketones (excluding diaryl/α,β-unsaturated/α-hetero) is 1. The van der Waals surface area contributed by atoms with Gasteiger partial charge in [-0.05, 0) is 19.3 Å². The lowest BCUT2D eigenvalue weighted by molar-refractivity contribution is -0.158. The highest BCUT2D eigenvalue weighted by atomic mass is 32.1. The zero-order valence-electron chi connectivity index (χ0n) is 41.2. The van der Waals surface area contributed by atoms with Crippen molar-refractivity contribution in [3.8, 4) is 0 Å². The molecule has 1 amide bonds. The summed E-state index contributed by atoms with van der Waals surface area (Å²) < 4.78 is 11.3. The van der Waals surface area contributed by atoms with Gasteiger partial charge in [0.1, 0.15) is 12.7 Å². The minimum atomic E-state index is -1.01. The van der Waals surface area contributed by atoms with Crippen LogP contribution in [0.3, 0.4) is 0 Å². The van der Waals surface area contributed by atoms with Crippen LogP contribution in [0.5, 0.6) is 0 Å². The molecule has 0 aliphatic carbocycles. The summed E-state index contributed by atoms with van der Waals surface area (Å²) in [5.74, 6) is -1.18. The molecule has 0 saturated carbocycles. The van der Waals surface area contributed by atoms with E-state index in [9.17, 15) is 19.2 Å². The van der Waals surface area contributed by atoms with E-state index in [2.05, 4.69) is 38.7 Å². The van der Waals surface area contributed by atoms with Gasteiger partial charge in [0.15, 0.2) is 5.78 Å². The molecule has 0 aliphatic heterocycles. The molecule has 0 heterocycles. The Morgan fingerprint density at radius 3 is 1.03 bits per heavy atom. The predicted octanol–water partition coefficient (Wildman–Crippen LogP) is 16.1. The molecule has 0 unspecified atom stereocenters. The minimum absolute atomic E-state index is 0.123. The zero-order chi connectivity index (χ0) is 45.4. The SMILES string of the molecule is CCCCCCCCCCCCCCCC(=O)N[C@@H](CS)C(=O)[CH][C@H](COC(=O)CCCCCCCCCCCCCCC)OC(=O)CCCCCCCCCCCCCCC. The highest BCUT2D eigenvalue weighted by Crippen LogP contribution is 2.17. The van der Waals surface area contributed by atoms with E-state index in [1.807, 2.05) is 0 Å². The molecule has 0 spiro atoms. The van der Waals surface area contributed by atoms with Crippen molar-refractivity contribution in [1.82, 2.24) is 5.32 Å². The van der Waals surface area contributed by atoms with Gasteiger partial charge in [0.05, 0.1) is 12.5 Å². The fourth-order valence-corrected chi connectivity index (χ4v) is 8.51. The first-order valence-corrected chi connectivity index (χ1v) is 27.6. The normalized spacial score (nSPS) is 12.3. The third-order valence-electron chi connectivity index (χ3n) is 12.4. The van der Waals surface area contributed by atoms with Gasteiger partial charge in [0, 0.05) is 25.0 Å². The fraction of sp³-hybridized carbons (Fsp3) is 0.907. The minimum Gasteiger partial charge on any atom is -0.462 e. The first kappa shape index (κ1) is 60.4. The third kappa shape index (κ3) is 43.7. The summed E-state index contributed by atoms with van der Waals surface area (Å²) in [5, 5.41) is 2.84. The Hall–Kier alpha value is -1.57. The standard InChI is InChI=1S/C54H102NO6S/c1-4-7-10-13-16-19-22-25-28-31-34-37-40-43-52(57)55-50(48-62)51(56)46-49(61-54(59)45-42-39-36-33-30-27-24-21-18-15-12-9-6-3)47-60-53(58)44-41-38-35-32-29-26-23-20-17-14-11-8-5-2/h46,49-50,62H,4-45,47-48H2,1-3H3,(H,55,57)/t49-,50+/m1/s1. The quantitative estimate of drug-likeness (QED) is 0.0359. The zero-order valence-corrected chi connectivity index (χ0v) is 42.1. The monoisotopic (exact) mass is 893 g/mol. The van der Waals surface area contributed by atoms with Crippen molar-refractivity contribution in [1.29, 1.82) is 0 Å². The van der Waals surface area contributed by atoms with Crippen molar-refractivity contribution in [3.05, 3.63) is 6.42 Å². The lowest BCUT2D eigenvalue weighted by Gasteiger charge is -2.21. The Labute approximate surface area is 390 Å². The van der Waals surface area contributed by atoms with E-state index in [1.54, 1.807) is 0 Å². The summed E-state index contributed by atoms with van der Waals surface area (Å²) in [7, 11) is 0. The van der Waals surface area contributed by atoms with Crippen LogP contribution in [0.25, 0.3) is 0 Å². The number of esters is 2. The van der Waals surface area contributed by atoms with E-state index in [0.717, 1.165) is 57.8 Å². The molecule has 0 rings (SSSR count). The Bertz CT molecular complexity index is 1010. The van der Waals surface area contributed by atoms with Crippen LogP contribution in [0.2, 0.25) is 0 Å². The number of hydrogen-bond acceptors (Lipinski definition) is 7. The molecule has 2 atom stereocenters. The number of nitrogens with one attached hydrogen (secondary N) is 1. The second-order valence-corrected chi connectivity index (χ2v) is 18.9. The number of rotatable bonds is 50. The lowest BCUT2D eigenvalue weighted by Crippen LogP contribution is -2.44. The molecule has 0 aliphatic rings. The van der Waals surface area contributed by atoms with Gasteiger partial charge in [0.25, 0.3) is 0 Å². The van der Waals surface area contributed by atoms with Crippen LogP contribution >= 0.6 is 12.6 Å². The second-order valence-electron chi connectivity index (χ2n) is 18.6. The molecule has 1 N–H and O–H groups in total. The molecule has 7 nitrogen and oxygen atoms in total. The number of ether oxygens (including phenoxy) is 2. The van der Waals surface area contributed by atoms with Crippen molar-refractivity contribution in [2.45, 2.75) is 303 Å². The van der Waals surface area contributed by atoms with E-state index in [0.29, 0.717) is 12.8 Å². The van der Waals surface area contributed by atoms with E-state index < -0.39 is 18.1 Å². The molecule has 0 saturated heterocycles. The molecule has 0 bridgehead atoms. The van der Waals surface area contributed by atoms with Crippen LogP contribution in [-0.4, -0.2) is 48.1 Å². The molecule has 0 aromatic rings. The number of carbonyl (C=O) groups excluding carboxylic acids is 4. The average Bonchev–Trinajstić information content (AvgIpc) is 3.26. The highest BCUT2D eigenvalue weighted by Gasteiger charge is 2.26. The number of thiol groups is 1. The predicted molar refractivity (Wildman–Crippen MR) is 267 cm³/mol. The molecule has 0 fully saturated rings. The van der Waals surface area contributed by atoms with Gasteiger partial charge in [-0.15, -0.1) is 0 Å². The van der Waals surface area contributed by atoms with Gasteiger partial charge < -0.3 is 14.8 Å². The maximum atomic E-state index is 13.4. The van der Waals surface area contributed by atoms with Crippen LogP contribution in [-0.2, 0) is 28.7 Å². The van der Waals surface area contributed by atoms with Gasteiger partial charge in [-0.3, -0.25) is 19.2 Å². The van der Waals surface area contributed by atoms with Gasteiger partial charge in [-0.2, -0.15) is 12.6 Å². The van der Waals surface area contributed by atoms with E-state index in [-0.39, 0.29) is 36.4 Å². The first-order valence-electron chi connectivity index (χ1n) is 27.0. The summed E-state index contributed by atoms with van der Waals surface area (Å²) >= 11 is 4.36. The fourth-order valence-electron chi connectivity index (χ4n) is 8.24. The van der Waals surface area contributed by atoms with Crippen molar-refractivity contribution < 1.29 is 28.7 Å². The smallest absolute Gasteiger partial charge is 0.306 e. The van der Waals surface area contributed by atoms with Gasteiger partial charge >= 0.3 is 11.9 Å². The van der Waals surface area contributed by atoms with Crippen molar-refractivity contribution >= 4 is 36.3 Å². The van der Waals surface area contributed by atoms with Crippen LogP contribution in [0.4, 0.5) is 0 Å². The Morgan fingerprint density at radius 1 is 0.419 bits per heavy atom. The molecular weight excluding hydrogens is 791 g/mol. The molecule has 0 aromatic heterocycles. The van der Waals surface area contributed by atoms with Gasteiger partial charge in [-0.1, -0.05) is 252 Å². The lowest BCUT2D eigenvalue weighted by atomic mass is 10.0. The average molecular weight is 893 g/mol. The number of carbonyl (C=O) groups is 4. The summed E-state index contributed by atoms with van der Waals surface area (Å²) in [5.41, 5.74) is 0. The van der Waals surface area contributed by atoms with Crippen LogP contribution in [0.15, 0.2) is 0 Å². The van der Waals surface area contributed by atoms with Crippen LogP contribution in [0, 0.1) is 6.42 Å². The van der Waals surface area contributed by atoms with E-state index in [4.69, 9.17) is 9.47 Å². The maximum absolute atomic E-state index is 13.4. The third-order valence-corrected chi connectivity index (χ3v) is 12.7. The van der Waals surface area contributed by atoms with Crippen molar-refractivity contribution in [2.24, 2.45) is 0 Å². The molecule has 62 heavy (non-hydrogen) atoms. The summed E-state index contributed by atoms with van der Waals surface area (Å²) in [6, 6.07) is -0.837. The Balaban J connectivity index is 4.64. The Morgan fingerprint density at radius 2 is 0.710 bits per heavy atom. The van der Waals surface area contributed by atoms with Gasteiger partial charge in [0.2, 0.25) is 5.91 Å². The molecule has 0 aromatic carbocycles. The summed E-state index contributed by atoms with van der Waals surface area (Å²) in [6.07, 6.45) is 49.2. The van der Waals surface area contributed by atoms with Crippen molar-refractivity contribution in [2.75, 3.05) is 12.4 Å². The second kappa shape index (κ2) is 48.9. The molecule has 365 valence electrons. The number of hydrogen-bond donors (Lipinski definition) is 2. The van der Waals surface area contributed by atoms with Crippen LogP contribution in [0.1, 0.15) is 290 Å². The summed E-state index contributed by atoms with van der Waals surface area (Å²) in [4.78, 5) is 51.8. The largest absolute Gasteiger partial charge is 0.462 e. The molecule has 1 radical (unpaired) electrons. The van der Waals surface area contributed by atoms with Crippen LogP contribution < -0.4 is 5.32 Å². The highest BCUT2D eigenvalue weighted by molar-refractivity contribution is 7.80. The first-order chi connectivity index (χ1) is 30.4. The maximum Gasteiger partial charge on any atom is 0.306 e. The topological polar surface area (TPSA) is 98.8 Å². The van der Waals surface area contributed by atoms with Crippen molar-refractivity contribution in [3.63, 3.8) is 0 Å². The van der Waals surface area contributed by atoms with E-state index in [1.165, 1.54) is 199 Å². The van der Waals surface area contributed by atoms with Gasteiger partial charge in [-0.25, -0.2) is 0 Å².